The molecule has 4 atom stereocenters. The Morgan fingerprint density at radius 3 is 2.19 bits per heavy atom. The van der Waals surface area contributed by atoms with E-state index in [1.54, 1.807) is 0 Å². The predicted molar refractivity (Wildman–Crippen MR) is 81.4 cm³/mol. The van der Waals surface area contributed by atoms with Gasteiger partial charge in [-0.2, -0.15) is 0 Å². The lowest BCUT2D eigenvalue weighted by Gasteiger charge is -2.21. The molecule has 0 unspecified atom stereocenters. The minimum Gasteiger partial charge on any atom is -0.274 e. The molecule has 2 saturated carbocycles. The summed E-state index contributed by atoms with van der Waals surface area (Å²) in [6.07, 6.45) is 6.77. The molecular weight excluding hydrogens is 330 g/mol. The number of nitrogens with zero attached hydrogens (tertiary/aromatic N) is 1. The van der Waals surface area contributed by atoms with Crippen molar-refractivity contribution >= 4 is 33.4 Å². The Balaban J connectivity index is 1.59. The highest BCUT2D eigenvalue weighted by Crippen LogP contribution is 2.73. The number of fused-ring (bicyclic) bond motifs is 3. The summed E-state index contributed by atoms with van der Waals surface area (Å²) in [5.41, 5.74) is 0.960. The number of allylic oxidation sites excluding steroid dienone is 2. The van der Waals surface area contributed by atoms with Crippen molar-refractivity contribution in [3.05, 3.63) is 40.9 Å². The second kappa shape index (κ2) is 3.67. The van der Waals surface area contributed by atoms with Gasteiger partial charge in [0.2, 0.25) is 11.8 Å². The third kappa shape index (κ3) is 1.30. The number of amides is 2. The summed E-state index contributed by atoms with van der Waals surface area (Å²) in [5.74, 6) is 0.364. The van der Waals surface area contributed by atoms with Gasteiger partial charge in [-0.05, 0) is 48.3 Å². The molecule has 21 heavy (non-hydrogen) atoms. The number of carbonyl (C=O) groups is 2. The molecule has 1 aliphatic heterocycles. The maximum absolute atomic E-state index is 12.9. The lowest BCUT2D eigenvalue weighted by atomic mass is 9.85. The summed E-state index contributed by atoms with van der Waals surface area (Å²) in [4.78, 5) is 27.2. The minimum absolute atomic E-state index is 0.00576. The Morgan fingerprint density at radius 2 is 1.67 bits per heavy atom. The molecule has 0 N–H and O–H groups in total. The van der Waals surface area contributed by atoms with Crippen LogP contribution in [0.4, 0.5) is 5.69 Å². The van der Waals surface area contributed by atoms with Crippen LogP contribution in [0.3, 0.4) is 0 Å². The predicted octanol–water partition coefficient (Wildman–Crippen LogP) is 3.15. The molecule has 1 spiro atoms. The average molecular weight is 344 g/mol. The maximum atomic E-state index is 12.9. The second-order valence-corrected chi connectivity index (χ2v) is 7.63. The molecule has 3 fully saturated rings. The van der Waals surface area contributed by atoms with Crippen molar-refractivity contribution in [3.8, 4) is 0 Å². The molecule has 4 aliphatic rings. The van der Waals surface area contributed by atoms with Crippen molar-refractivity contribution in [1.29, 1.82) is 0 Å². The number of imide groups is 1. The van der Waals surface area contributed by atoms with Crippen molar-refractivity contribution in [2.24, 2.45) is 29.1 Å². The van der Waals surface area contributed by atoms with Gasteiger partial charge in [-0.1, -0.05) is 34.1 Å². The molecule has 1 aromatic carbocycles. The molecule has 0 aromatic heterocycles. The highest BCUT2D eigenvalue weighted by Gasteiger charge is 2.73. The van der Waals surface area contributed by atoms with E-state index in [2.05, 4.69) is 28.1 Å². The van der Waals surface area contributed by atoms with Crippen LogP contribution in [0.15, 0.2) is 40.9 Å². The Bertz CT molecular complexity index is 687. The lowest BCUT2D eigenvalue weighted by molar-refractivity contribution is -0.123. The van der Waals surface area contributed by atoms with Crippen LogP contribution in [0.2, 0.25) is 0 Å². The van der Waals surface area contributed by atoms with Gasteiger partial charge in [0.15, 0.2) is 0 Å². The number of benzene rings is 1. The van der Waals surface area contributed by atoms with Gasteiger partial charge in [0.05, 0.1) is 17.5 Å². The smallest absolute Gasteiger partial charge is 0.238 e. The largest absolute Gasteiger partial charge is 0.274 e. The fourth-order valence-electron chi connectivity index (χ4n) is 4.95. The zero-order valence-electron chi connectivity index (χ0n) is 11.3. The molecule has 2 bridgehead atoms. The highest BCUT2D eigenvalue weighted by molar-refractivity contribution is 9.10. The zero-order valence-corrected chi connectivity index (χ0v) is 12.9. The van der Waals surface area contributed by atoms with Crippen LogP contribution in [-0.4, -0.2) is 11.8 Å². The first-order chi connectivity index (χ1) is 10.1. The molecule has 1 heterocycles. The molecule has 3 aliphatic carbocycles. The molecule has 5 rings (SSSR count). The zero-order chi connectivity index (χ0) is 14.4. The van der Waals surface area contributed by atoms with E-state index >= 15 is 0 Å². The summed E-state index contributed by atoms with van der Waals surface area (Å²) in [5, 5.41) is 0. The van der Waals surface area contributed by atoms with Gasteiger partial charge < -0.3 is 0 Å². The number of anilines is 1. The number of hydrogen-bond acceptors (Lipinski definition) is 2. The SMILES string of the molecule is O=C1[C@@H]2[C@H](C(=O)N1c1cccc(Br)c1)[C@H]1C=C[C@H]2C12CC2. The topological polar surface area (TPSA) is 37.4 Å². The van der Waals surface area contributed by atoms with E-state index in [4.69, 9.17) is 0 Å². The average Bonchev–Trinajstić information content (AvgIpc) is 3.05. The van der Waals surface area contributed by atoms with Crippen LogP contribution in [-0.2, 0) is 9.59 Å². The van der Waals surface area contributed by atoms with E-state index in [9.17, 15) is 9.59 Å². The number of carbonyl (C=O) groups excluding carboxylic acids is 2. The number of halogens is 1. The molecule has 2 amide bonds. The lowest BCUT2D eigenvalue weighted by Crippen LogP contribution is -2.34. The van der Waals surface area contributed by atoms with E-state index in [0.717, 1.165) is 4.47 Å². The minimum atomic E-state index is -0.117. The molecule has 1 aromatic rings. The first-order valence-corrected chi connectivity index (χ1v) is 8.24. The standard InChI is InChI=1S/C17H14BrNO2/c18-9-2-1-3-10(8-9)19-15(20)13-11-4-5-12(14(13)16(19)21)17(11)6-7-17/h1-5,8,11-14H,6-7H2/t11-,12-,13-,14+/m1/s1. The van der Waals surface area contributed by atoms with Crippen LogP contribution in [0.5, 0.6) is 0 Å². The molecule has 4 heteroatoms. The first-order valence-electron chi connectivity index (χ1n) is 7.45. The molecule has 106 valence electrons. The quantitative estimate of drug-likeness (QED) is 0.580. The first kappa shape index (κ1) is 12.2. The second-order valence-electron chi connectivity index (χ2n) is 6.71. The van der Waals surface area contributed by atoms with Gasteiger partial charge in [-0.15, -0.1) is 0 Å². The Morgan fingerprint density at radius 1 is 1.05 bits per heavy atom. The van der Waals surface area contributed by atoms with Crippen molar-refractivity contribution in [1.82, 2.24) is 0 Å². The number of hydrogen-bond donors (Lipinski definition) is 0. The van der Waals surface area contributed by atoms with Gasteiger partial charge >= 0.3 is 0 Å². The third-order valence-corrected chi connectivity index (χ3v) is 6.41. The molecule has 0 radical (unpaired) electrons. The third-order valence-electron chi connectivity index (χ3n) is 5.92. The summed E-state index contributed by atoms with van der Waals surface area (Å²) >= 11 is 3.41. The van der Waals surface area contributed by atoms with Gasteiger partial charge in [0.1, 0.15) is 0 Å². The van der Waals surface area contributed by atoms with Crippen molar-refractivity contribution < 1.29 is 9.59 Å². The number of rotatable bonds is 1. The van der Waals surface area contributed by atoms with Gasteiger partial charge in [-0.3, -0.25) is 9.59 Å². The summed E-state index contributed by atoms with van der Waals surface area (Å²) in [7, 11) is 0. The molecule has 3 nitrogen and oxygen atoms in total. The van der Waals surface area contributed by atoms with Crippen LogP contribution in [0, 0.1) is 29.1 Å². The fourth-order valence-corrected chi connectivity index (χ4v) is 5.34. The van der Waals surface area contributed by atoms with E-state index in [1.807, 2.05) is 24.3 Å². The summed E-state index contributed by atoms with van der Waals surface area (Å²) < 4.78 is 0.886. The van der Waals surface area contributed by atoms with Crippen molar-refractivity contribution in [3.63, 3.8) is 0 Å². The van der Waals surface area contributed by atoms with E-state index in [1.165, 1.54) is 17.7 Å². The summed E-state index contributed by atoms with van der Waals surface area (Å²) in [6, 6.07) is 7.45. The molecule has 1 saturated heterocycles. The highest BCUT2D eigenvalue weighted by atomic mass is 79.9. The Hall–Kier alpha value is -1.42. The van der Waals surface area contributed by atoms with Crippen LogP contribution in [0.25, 0.3) is 0 Å². The van der Waals surface area contributed by atoms with E-state index in [0.29, 0.717) is 17.5 Å². The van der Waals surface area contributed by atoms with Crippen LogP contribution >= 0.6 is 15.9 Å². The normalized spacial score (nSPS) is 37.7. The van der Waals surface area contributed by atoms with Gasteiger partial charge in [0.25, 0.3) is 0 Å². The van der Waals surface area contributed by atoms with Gasteiger partial charge in [0, 0.05) is 4.47 Å². The van der Waals surface area contributed by atoms with E-state index in [-0.39, 0.29) is 29.1 Å². The van der Waals surface area contributed by atoms with Crippen molar-refractivity contribution in [2.45, 2.75) is 12.8 Å². The molecular formula is C17H14BrNO2. The van der Waals surface area contributed by atoms with Crippen molar-refractivity contribution in [2.75, 3.05) is 4.90 Å². The monoisotopic (exact) mass is 343 g/mol. The van der Waals surface area contributed by atoms with Gasteiger partial charge in [-0.25, -0.2) is 4.90 Å². The van der Waals surface area contributed by atoms with E-state index < -0.39 is 0 Å². The Kier molecular flexibility index (Phi) is 2.12. The Labute approximate surface area is 131 Å². The maximum Gasteiger partial charge on any atom is 0.238 e. The summed E-state index contributed by atoms with van der Waals surface area (Å²) in [6.45, 7) is 0. The van der Waals surface area contributed by atoms with Crippen LogP contribution in [0.1, 0.15) is 12.8 Å². The van der Waals surface area contributed by atoms with Crippen LogP contribution < -0.4 is 4.90 Å². The fraction of sp³-hybridized carbons (Fsp3) is 0.412.